The predicted molar refractivity (Wildman–Crippen MR) is 75.5 cm³/mol. The second kappa shape index (κ2) is 4.34. The fraction of sp³-hybridized carbons (Fsp3) is 0.0714. The van der Waals surface area contributed by atoms with Gasteiger partial charge in [0.25, 0.3) is 0 Å². The summed E-state index contributed by atoms with van der Waals surface area (Å²) < 4.78 is 0. The fourth-order valence-electron chi connectivity index (χ4n) is 2.19. The quantitative estimate of drug-likeness (QED) is 0.639. The molecule has 4 N–H and O–H groups in total. The maximum atomic E-state index is 11.4. The zero-order valence-corrected chi connectivity index (χ0v) is 10.7. The van der Waals surface area contributed by atoms with E-state index < -0.39 is 0 Å². The summed E-state index contributed by atoms with van der Waals surface area (Å²) in [5.41, 5.74) is 5.41. The van der Waals surface area contributed by atoms with Gasteiger partial charge in [-0.1, -0.05) is 0 Å². The largest absolute Gasteiger partial charge is 0.508 e. The van der Waals surface area contributed by atoms with Gasteiger partial charge >= 0.3 is 0 Å². The summed E-state index contributed by atoms with van der Waals surface area (Å²) in [5, 5.41) is 23.9. The van der Waals surface area contributed by atoms with Crippen molar-refractivity contribution in [3.8, 4) is 11.5 Å². The van der Waals surface area contributed by atoms with Crippen LogP contribution in [-0.4, -0.2) is 16.1 Å². The third-order valence-corrected chi connectivity index (χ3v) is 2.98. The molecule has 0 aromatic heterocycles. The number of phenols is 2. The molecule has 0 radical (unpaired) electrons. The minimum atomic E-state index is -0.218. The van der Waals surface area contributed by atoms with E-state index in [9.17, 15) is 15.0 Å². The van der Waals surface area contributed by atoms with E-state index in [1.165, 1.54) is 6.92 Å². The van der Waals surface area contributed by atoms with Gasteiger partial charge in [-0.25, -0.2) is 5.01 Å². The molecular weight excluding hydrogens is 258 g/mol. The molecule has 0 saturated carbocycles. The molecule has 6 heteroatoms. The van der Waals surface area contributed by atoms with Crippen LogP contribution in [-0.2, 0) is 4.79 Å². The molecule has 0 unspecified atom stereocenters. The van der Waals surface area contributed by atoms with Gasteiger partial charge in [0.15, 0.2) is 0 Å². The minimum Gasteiger partial charge on any atom is -0.508 e. The van der Waals surface area contributed by atoms with Crippen LogP contribution in [0.25, 0.3) is 0 Å². The Hall–Kier alpha value is -2.89. The average Bonchev–Trinajstić information content (AvgIpc) is 2.37. The van der Waals surface area contributed by atoms with Gasteiger partial charge in [-0.3, -0.25) is 10.2 Å². The molecule has 1 heterocycles. The van der Waals surface area contributed by atoms with Gasteiger partial charge in [0.2, 0.25) is 5.91 Å². The van der Waals surface area contributed by atoms with Crippen molar-refractivity contribution in [1.29, 1.82) is 0 Å². The lowest BCUT2D eigenvalue weighted by molar-refractivity contribution is -0.118. The second-order valence-corrected chi connectivity index (χ2v) is 4.53. The van der Waals surface area contributed by atoms with Crippen LogP contribution >= 0.6 is 0 Å². The first kappa shape index (κ1) is 12.2. The molecule has 1 aliphatic heterocycles. The number of benzene rings is 2. The highest BCUT2D eigenvalue weighted by Gasteiger charge is 2.23. The smallest absolute Gasteiger partial charge is 0.235 e. The summed E-state index contributed by atoms with van der Waals surface area (Å²) in [6.07, 6.45) is 0. The number of hydrogen-bond donors (Lipinski definition) is 4. The van der Waals surface area contributed by atoms with E-state index in [0.717, 1.165) is 0 Å². The third kappa shape index (κ3) is 1.97. The van der Waals surface area contributed by atoms with Crippen LogP contribution in [0, 0.1) is 0 Å². The standard InChI is InChI=1S/C14H13N3O3/c1-8(18)16-17-13-4-2-9(19)6-11(13)15-12-7-10(20)3-5-14(12)17/h2-7,15,19-20H,1H3,(H,16,18). The number of hydrogen-bond acceptors (Lipinski definition) is 5. The summed E-state index contributed by atoms with van der Waals surface area (Å²) >= 11 is 0. The van der Waals surface area contributed by atoms with Crippen LogP contribution in [0.4, 0.5) is 22.7 Å². The number of hydrazine groups is 1. The van der Waals surface area contributed by atoms with Crippen molar-refractivity contribution in [3.05, 3.63) is 36.4 Å². The lowest BCUT2D eigenvalue weighted by atomic mass is 10.1. The molecule has 1 amide bonds. The number of amides is 1. The van der Waals surface area contributed by atoms with Crippen LogP contribution in [0.2, 0.25) is 0 Å². The number of fused-ring (bicyclic) bond motifs is 2. The molecule has 2 aromatic rings. The number of nitrogens with zero attached hydrogens (tertiary/aromatic N) is 1. The van der Waals surface area contributed by atoms with Gasteiger partial charge in [0.1, 0.15) is 11.5 Å². The number of aromatic hydroxyl groups is 2. The van der Waals surface area contributed by atoms with Gasteiger partial charge < -0.3 is 15.5 Å². The first-order valence-corrected chi connectivity index (χ1v) is 6.05. The average molecular weight is 271 g/mol. The molecule has 6 nitrogen and oxygen atoms in total. The lowest BCUT2D eigenvalue weighted by Crippen LogP contribution is -2.39. The second-order valence-electron chi connectivity index (χ2n) is 4.53. The van der Waals surface area contributed by atoms with Gasteiger partial charge in [0.05, 0.1) is 22.7 Å². The Morgan fingerprint density at radius 2 is 1.55 bits per heavy atom. The van der Waals surface area contributed by atoms with Gasteiger partial charge in [-0.15, -0.1) is 0 Å². The van der Waals surface area contributed by atoms with E-state index >= 15 is 0 Å². The zero-order chi connectivity index (χ0) is 14.3. The first-order valence-electron chi connectivity index (χ1n) is 6.05. The van der Waals surface area contributed by atoms with E-state index in [1.54, 1.807) is 41.4 Å². The molecule has 0 fully saturated rings. The predicted octanol–water partition coefficient (Wildman–Crippen LogP) is 2.34. The number of anilines is 4. The van der Waals surface area contributed by atoms with E-state index in [-0.39, 0.29) is 17.4 Å². The Morgan fingerprint density at radius 3 is 2.00 bits per heavy atom. The zero-order valence-electron chi connectivity index (χ0n) is 10.7. The molecule has 1 aliphatic rings. The maximum absolute atomic E-state index is 11.4. The molecular formula is C14H13N3O3. The maximum Gasteiger partial charge on any atom is 0.235 e. The molecule has 0 bridgehead atoms. The molecule has 0 aliphatic carbocycles. The van der Waals surface area contributed by atoms with Crippen LogP contribution in [0.15, 0.2) is 36.4 Å². The van der Waals surface area contributed by atoms with E-state index in [1.807, 2.05) is 0 Å². The van der Waals surface area contributed by atoms with Crippen molar-refractivity contribution in [2.45, 2.75) is 6.92 Å². The molecule has 0 saturated heterocycles. The van der Waals surface area contributed by atoms with E-state index in [2.05, 4.69) is 10.7 Å². The van der Waals surface area contributed by atoms with Crippen LogP contribution < -0.4 is 15.8 Å². The van der Waals surface area contributed by atoms with Crippen LogP contribution in [0.1, 0.15) is 6.92 Å². The monoisotopic (exact) mass is 271 g/mol. The number of phenolic OH excluding ortho intramolecular Hbond substituents is 2. The first-order chi connectivity index (χ1) is 9.54. The number of carbonyl (C=O) groups excluding carboxylic acids is 1. The van der Waals surface area contributed by atoms with Crippen molar-refractivity contribution >= 4 is 28.7 Å². The van der Waals surface area contributed by atoms with Crippen molar-refractivity contribution in [2.24, 2.45) is 0 Å². The molecule has 0 spiro atoms. The number of rotatable bonds is 1. The van der Waals surface area contributed by atoms with Crippen molar-refractivity contribution in [1.82, 2.24) is 5.43 Å². The Kier molecular flexibility index (Phi) is 2.64. The fourth-order valence-corrected chi connectivity index (χ4v) is 2.19. The highest BCUT2D eigenvalue weighted by molar-refractivity contribution is 5.94. The Labute approximate surface area is 115 Å². The number of carbonyl (C=O) groups is 1. The van der Waals surface area contributed by atoms with Gasteiger partial charge in [-0.05, 0) is 24.3 Å². The summed E-state index contributed by atoms with van der Waals surface area (Å²) in [6, 6.07) is 9.59. The molecule has 3 rings (SSSR count). The summed E-state index contributed by atoms with van der Waals surface area (Å²) in [6.45, 7) is 1.42. The normalized spacial score (nSPS) is 12.2. The van der Waals surface area contributed by atoms with Crippen LogP contribution in [0.5, 0.6) is 11.5 Å². The summed E-state index contributed by atoms with van der Waals surface area (Å²) in [4.78, 5) is 11.4. The SMILES string of the molecule is CC(=O)NN1c2ccc(O)cc2Nc2cc(O)ccc21. The molecule has 0 atom stereocenters. The van der Waals surface area contributed by atoms with Gasteiger partial charge in [-0.2, -0.15) is 0 Å². The third-order valence-electron chi connectivity index (χ3n) is 2.98. The van der Waals surface area contributed by atoms with E-state index in [4.69, 9.17) is 0 Å². The highest BCUT2D eigenvalue weighted by Crippen LogP contribution is 2.44. The summed E-state index contributed by atoms with van der Waals surface area (Å²) in [5.74, 6) is 0.00945. The highest BCUT2D eigenvalue weighted by atomic mass is 16.3. The number of nitrogens with one attached hydrogen (secondary N) is 2. The minimum absolute atomic E-state index is 0.114. The lowest BCUT2D eigenvalue weighted by Gasteiger charge is -2.33. The topological polar surface area (TPSA) is 84.8 Å². The van der Waals surface area contributed by atoms with Crippen LogP contribution in [0.3, 0.4) is 0 Å². The van der Waals surface area contributed by atoms with Crippen molar-refractivity contribution in [3.63, 3.8) is 0 Å². The Balaban J connectivity index is 2.16. The van der Waals surface area contributed by atoms with Gasteiger partial charge in [0, 0.05) is 19.1 Å². The summed E-state index contributed by atoms with van der Waals surface area (Å²) in [7, 11) is 0. The molecule has 2 aromatic carbocycles. The Morgan fingerprint density at radius 1 is 1.05 bits per heavy atom. The molecule has 102 valence electrons. The van der Waals surface area contributed by atoms with Crippen molar-refractivity contribution in [2.75, 3.05) is 10.3 Å². The van der Waals surface area contributed by atoms with Crippen molar-refractivity contribution < 1.29 is 15.0 Å². The molecule has 20 heavy (non-hydrogen) atoms. The van der Waals surface area contributed by atoms with E-state index in [0.29, 0.717) is 22.7 Å². The Bertz CT molecular complexity index is 649.